The Kier molecular flexibility index (Phi) is 2.72. The van der Waals surface area contributed by atoms with Gasteiger partial charge in [-0.2, -0.15) is 0 Å². The Morgan fingerprint density at radius 3 is 2.81 bits per heavy atom. The first-order valence-corrected chi connectivity index (χ1v) is 7.34. The van der Waals surface area contributed by atoms with Crippen LogP contribution in [-0.4, -0.2) is 23.2 Å². The van der Waals surface area contributed by atoms with Crippen molar-refractivity contribution in [3.8, 4) is 11.6 Å². The SMILES string of the molecule is O=c1[nH]c2c(c(=O)[nH]1)[C@H]1c3cc(Br)ccc3OC[C@H]1CO2. The molecule has 3 heterocycles. The Morgan fingerprint density at radius 2 is 1.95 bits per heavy atom. The number of aromatic amines is 2. The van der Waals surface area contributed by atoms with E-state index >= 15 is 0 Å². The molecule has 0 aliphatic carbocycles. The highest BCUT2D eigenvalue weighted by molar-refractivity contribution is 9.10. The minimum Gasteiger partial charge on any atom is -0.493 e. The standard InChI is InChI=1S/C14H11BrN2O4/c15-7-1-2-9-8(3-7)10-6(4-20-9)5-21-13-11(10)12(18)16-14(19)17-13/h1-3,6,10H,4-5H2,(H2,16,17,18,19)/t6-,10+/m0/s1. The van der Waals surface area contributed by atoms with Crippen molar-refractivity contribution >= 4 is 15.9 Å². The van der Waals surface area contributed by atoms with Crippen molar-refractivity contribution in [2.24, 2.45) is 5.92 Å². The van der Waals surface area contributed by atoms with Gasteiger partial charge in [0.1, 0.15) is 5.75 Å². The molecular formula is C14H11BrN2O4. The van der Waals surface area contributed by atoms with E-state index in [1.165, 1.54) is 0 Å². The van der Waals surface area contributed by atoms with E-state index in [1.807, 2.05) is 18.2 Å². The third-order valence-electron chi connectivity index (χ3n) is 3.93. The van der Waals surface area contributed by atoms with E-state index in [4.69, 9.17) is 9.47 Å². The van der Waals surface area contributed by atoms with Crippen molar-refractivity contribution in [3.05, 3.63) is 54.6 Å². The second kappa shape index (κ2) is 4.49. The summed E-state index contributed by atoms with van der Waals surface area (Å²) in [5.74, 6) is 0.928. The van der Waals surface area contributed by atoms with Crippen LogP contribution in [0.1, 0.15) is 17.0 Å². The molecule has 7 heteroatoms. The lowest BCUT2D eigenvalue weighted by molar-refractivity contribution is 0.121. The van der Waals surface area contributed by atoms with E-state index in [0.717, 1.165) is 15.8 Å². The van der Waals surface area contributed by atoms with Gasteiger partial charge in [0.25, 0.3) is 5.56 Å². The van der Waals surface area contributed by atoms with Gasteiger partial charge in [-0.05, 0) is 18.2 Å². The molecule has 21 heavy (non-hydrogen) atoms. The van der Waals surface area contributed by atoms with Crippen LogP contribution in [-0.2, 0) is 0 Å². The summed E-state index contributed by atoms with van der Waals surface area (Å²) in [4.78, 5) is 28.5. The molecule has 0 unspecified atom stereocenters. The van der Waals surface area contributed by atoms with Gasteiger partial charge in [0.2, 0.25) is 5.88 Å². The minimum absolute atomic E-state index is 0.0475. The highest BCUT2D eigenvalue weighted by Gasteiger charge is 2.40. The first-order chi connectivity index (χ1) is 10.1. The smallest absolute Gasteiger partial charge is 0.328 e. The lowest BCUT2D eigenvalue weighted by Gasteiger charge is -2.37. The van der Waals surface area contributed by atoms with Gasteiger partial charge in [0.15, 0.2) is 0 Å². The van der Waals surface area contributed by atoms with E-state index in [9.17, 15) is 9.59 Å². The van der Waals surface area contributed by atoms with Crippen LogP contribution in [0.5, 0.6) is 11.6 Å². The van der Waals surface area contributed by atoms with Crippen LogP contribution in [0.25, 0.3) is 0 Å². The van der Waals surface area contributed by atoms with E-state index in [-0.39, 0.29) is 17.7 Å². The maximum absolute atomic E-state index is 12.2. The summed E-state index contributed by atoms with van der Waals surface area (Å²) in [5.41, 5.74) is 0.436. The molecule has 6 nitrogen and oxygen atoms in total. The molecule has 2 aliphatic rings. The monoisotopic (exact) mass is 350 g/mol. The van der Waals surface area contributed by atoms with Crippen LogP contribution in [0.2, 0.25) is 0 Å². The molecular weight excluding hydrogens is 340 g/mol. The third-order valence-corrected chi connectivity index (χ3v) is 4.42. The Morgan fingerprint density at radius 1 is 1.14 bits per heavy atom. The van der Waals surface area contributed by atoms with Crippen LogP contribution in [0, 0.1) is 5.92 Å². The molecule has 4 rings (SSSR count). The lowest BCUT2D eigenvalue weighted by Crippen LogP contribution is -2.40. The summed E-state index contributed by atoms with van der Waals surface area (Å²) in [6.45, 7) is 0.889. The highest BCUT2D eigenvalue weighted by atomic mass is 79.9. The van der Waals surface area contributed by atoms with E-state index in [1.54, 1.807) is 0 Å². The molecule has 0 saturated heterocycles. The van der Waals surface area contributed by atoms with Crippen LogP contribution in [0.15, 0.2) is 32.3 Å². The number of nitrogens with one attached hydrogen (secondary N) is 2. The van der Waals surface area contributed by atoms with Crippen LogP contribution in [0.3, 0.4) is 0 Å². The maximum Gasteiger partial charge on any atom is 0.328 e. The largest absolute Gasteiger partial charge is 0.493 e. The van der Waals surface area contributed by atoms with Gasteiger partial charge in [-0.3, -0.25) is 14.8 Å². The molecule has 2 aromatic rings. The van der Waals surface area contributed by atoms with Gasteiger partial charge < -0.3 is 9.47 Å². The zero-order chi connectivity index (χ0) is 14.6. The molecule has 0 radical (unpaired) electrons. The van der Waals surface area contributed by atoms with Gasteiger partial charge in [-0.25, -0.2) is 4.79 Å². The molecule has 2 atom stereocenters. The quantitative estimate of drug-likeness (QED) is 0.751. The van der Waals surface area contributed by atoms with Gasteiger partial charge in [-0.1, -0.05) is 15.9 Å². The first kappa shape index (κ1) is 12.7. The second-order valence-electron chi connectivity index (χ2n) is 5.19. The number of halogens is 1. The van der Waals surface area contributed by atoms with Crippen molar-refractivity contribution in [1.29, 1.82) is 0 Å². The van der Waals surface area contributed by atoms with Gasteiger partial charge in [0, 0.05) is 21.9 Å². The zero-order valence-corrected chi connectivity index (χ0v) is 12.4. The number of ether oxygens (including phenoxy) is 2. The first-order valence-electron chi connectivity index (χ1n) is 6.55. The summed E-state index contributed by atoms with van der Waals surface area (Å²) >= 11 is 3.45. The molecule has 0 amide bonds. The zero-order valence-electron chi connectivity index (χ0n) is 10.8. The summed E-state index contributed by atoms with van der Waals surface area (Å²) in [7, 11) is 0. The summed E-state index contributed by atoms with van der Waals surface area (Å²) in [6.07, 6.45) is 0. The van der Waals surface area contributed by atoms with Crippen molar-refractivity contribution in [1.82, 2.24) is 9.97 Å². The summed E-state index contributed by atoms with van der Waals surface area (Å²) < 4.78 is 12.2. The third kappa shape index (κ3) is 1.91. The van der Waals surface area contributed by atoms with Crippen LogP contribution >= 0.6 is 15.9 Å². The van der Waals surface area contributed by atoms with Gasteiger partial charge in [0.05, 0.1) is 18.8 Å². The average molecular weight is 351 g/mol. The van der Waals surface area contributed by atoms with Crippen molar-refractivity contribution in [3.63, 3.8) is 0 Å². The Balaban J connectivity index is 1.99. The molecule has 2 aliphatic heterocycles. The van der Waals surface area contributed by atoms with E-state index in [0.29, 0.717) is 18.8 Å². The van der Waals surface area contributed by atoms with E-state index in [2.05, 4.69) is 25.9 Å². The van der Waals surface area contributed by atoms with Crippen LogP contribution < -0.4 is 20.7 Å². The number of hydrogen-bond donors (Lipinski definition) is 2. The molecule has 0 saturated carbocycles. The fourth-order valence-electron chi connectivity index (χ4n) is 3.04. The second-order valence-corrected chi connectivity index (χ2v) is 6.11. The number of benzene rings is 1. The minimum atomic E-state index is -0.557. The molecule has 0 spiro atoms. The van der Waals surface area contributed by atoms with Crippen molar-refractivity contribution in [2.75, 3.05) is 13.2 Å². The molecule has 0 fully saturated rings. The maximum atomic E-state index is 12.2. The molecule has 1 aromatic carbocycles. The van der Waals surface area contributed by atoms with Crippen molar-refractivity contribution < 1.29 is 9.47 Å². The number of H-pyrrole nitrogens is 2. The summed E-state index contributed by atoms with van der Waals surface area (Å²) in [5, 5.41) is 0. The number of aromatic nitrogens is 2. The molecule has 0 bridgehead atoms. The predicted octanol–water partition coefficient (Wildman–Crippen LogP) is 1.36. The predicted molar refractivity (Wildman–Crippen MR) is 78.1 cm³/mol. The van der Waals surface area contributed by atoms with E-state index < -0.39 is 11.2 Å². The molecule has 108 valence electrons. The van der Waals surface area contributed by atoms with Gasteiger partial charge >= 0.3 is 5.69 Å². The van der Waals surface area contributed by atoms with Gasteiger partial charge in [-0.15, -0.1) is 0 Å². The molecule has 1 aromatic heterocycles. The molecule has 2 N–H and O–H groups in total. The Hall–Kier alpha value is -2.02. The highest BCUT2D eigenvalue weighted by Crippen LogP contribution is 2.45. The number of hydrogen-bond acceptors (Lipinski definition) is 4. The fraction of sp³-hybridized carbons (Fsp3) is 0.286. The number of rotatable bonds is 0. The average Bonchev–Trinajstić information content (AvgIpc) is 2.46. The topological polar surface area (TPSA) is 84.2 Å². The Bertz CT molecular complexity index is 842. The lowest BCUT2D eigenvalue weighted by atomic mass is 9.79. The Labute approximate surface area is 127 Å². The van der Waals surface area contributed by atoms with Crippen LogP contribution in [0.4, 0.5) is 0 Å². The normalized spacial score (nSPS) is 22.3. The summed E-state index contributed by atoms with van der Waals surface area (Å²) in [6, 6.07) is 5.73. The van der Waals surface area contributed by atoms with Crippen molar-refractivity contribution in [2.45, 2.75) is 5.92 Å². The fourth-order valence-corrected chi connectivity index (χ4v) is 3.42. The number of fused-ring (bicyclic) bond motifs is 5.